The molecule has 0 aliphatic heterocycles. The van der Waals surface area contributed by atoms with E-state index < -0.39 is 6.10 Å². The van der Waals surface area contributed by atoms with Crippen molar-refractivity contribution in [2.24, 2.45) is 0 Å². The van der Waals surface area contributed by atoms with E-state index in [0.29, 0.717) is 5.02 Å². The van der Waals surface area contributed by atoms with E-state index in [1.54, 1.807) is 11.3 Å². The molecule has 1 N–H and O–H groups in total. The van der Waals surface area contributed by atoms with Gasteiger partial charge in [0.15, 0.2) is 0 Å². The maximum atomic E-state index is 10.5. The molecule has 2 rings (SSSR count). The Balaban J connectivity index is 2.34. The maximum absolute atomic E-state index is 10.5. The third-order valence-electron chi connectivity index (χ3n) is 3.16. The van der Waals surface area contributed by atoms with Crippen LogP contribution in [0, 0.1) is 6.92 Å². The summed E-state index contributed by atoms with van der Waals surface area (Å²) < 4.78 is 0. The summed E-state index contributed by atoms with van der Waals surface area (Å²) in [6.07, 6.45) is -0.571. The minimum absolute atomic E-state index is 0.123. The molecular formula is C16H19ClOS. The number of thiophene rings is 1. The number of halogens is 1. The monoisotopic (exact) mass is 294 g/mol. The molecule has 19 heavy (non-hydrogen) atoms. The Morgan fingerprint density at radius 3 is 2.37 bits per heavy atom. The van der Waals surface area contributed by atoms with E-state index in [4.69, 9.17) is 11.6 Å². The smallest absolute Gasteiger partial charge is 0.113 e. The van der Waals surface area contributed by atoms with Crippen LogP contribution < -0.4 is 0 Å². The molecule has 0 bridgehead atoms. The van der Waals surface area contributed by atoms with Gasteiger partial charge in [-0.05, 0) is 47.7 Å². The van der Waals surface area contributed by atoms with Crippen molar-refractivity contribution in [1.82, 2.24) is 0 Å². The first-order chi connectivity index (χ1) is 8.79. The Kier molecular flexibility index (Phi) is 4.05. The normalized spacial score (nSPS) is 13.6. The quantitative estimate of drug-likeness (QED) is 0.818. The van der Waals surface area contributed by atoms with Crippen molar-refractivity contribution in [2.75, 3.05) is 0 Å². The van der Waals surface area contributed by atoms with Gasteiger partial charge in [0, 0.05) is 14.8 Å². The minimum atomic E-state index is -0.571. The Hall–Kier alpha value is -0.830. The van der Waals surface area contributed by atoms with E-state index in [0.717, 1.165) is 16.0 Å². The van der Waals surface area contributed by atoms with Gasteiger partial charge in [-0.2, -0.15) is 0 Å². The Labute approximate surface area is 123 Å². The molecule has 1 heterocycles. The highest BCUT2D eigenvalue weighted by molar-refractivity contribution is 7.12. The van der Waals surface area contributed by atoms with Crippen LogP contribution in [0.3, 0.4) is 0 Å². The van der Waals surface area contributed by atoms with Gasteiger partial charge >= 0.3 is 0 Å². The van der Waals surface area contributed by atoms with Crippen molar-refractivity contribution < 1.29 is 5.11 Å². The summed E-state index contributed by atoms with van der Waals surface area (Å²) in [5.74, 6) is 0. The number of aryl methyl sites for hydroxylation is 1. The van der Waals surface area contributed by atoms with E-state index >= 15 is 0 Å². The standard InChI is InChI=1S/C16H19ClOS/c1-10-9-11(17)5-6-12(10)15(18)13-7-8-14(19-13)16(2,3)4/h5-9,15,18H,1-4H3. The van der Waals surface area contributed by atoms with Gasteiger partial charge < -0.3 is 5.11 Å². The number of aliphatic hydroxyl groups excluding tert-OH is 1. The number of hydrogen-bond acceptors (Lipinski definition) is 2. The van der Waals surface area contributed by atoms with Crippen LogP contribution in [0.25, 0.3) is 0 Å². The summed E-state index contributed by atoms with van der Waals surface area (Å²) in [4.78, 5) is 2.27. The van der Waals surface area contributed by atoms with Crippen molar-refractivity contribution in [3.05, 3.63) is 56.2 Å². The summed E-state index contributed by atoms with van der Waals surface area (Å²) in [5.41, 5.74) is 2.06. The van der Waals surface area contributed by atoms with Crippen LogP contribution in [0.2, 0.25) is 5.02 Å². The third kappa shape index (κ3) is 3.19. The lowest BCUT2D eigenvalue weighted by molar-refractivity contribution is 0.223. The molecule has 0 aliphatic carbocycles. The molecule has 1 atom stereocenters. The molecular weight excluding hydrogens is 276 g/mol. The average molecular weight is 295 g/mol. The van der Waals surface area contributed by atoms with Crippen molar-refractivity contribution in [3.63, 3.8) is 0 Å². The van der Waals surface area contributed by atoms with Crippen LogP contribution in [-0.4, -0.2) is 5.11 Å². The fourth-order valence-electron chi connectivity index (χ4n) is 2.00. The van der Waals surface area contributed by atoms with Crippen LogP contribution in [0.4, 0.5) is 0 Å². The highest BCUT2D eigenvalue weighted by atomic mass is 35.5. The number of rotatable bonds is 2. The second-order valence-corrected chi connectivity index (χ2v) is 7.41. The summed E-state index contributed by atoms with van der Waals surface area (Å²) >= 11 is 7.63. The zero-order valence-corrected chi connectivity index (χ0v) is 13.3. The largest absolute Gasteiger partial charge is 0.383 e. The number of hydrogen-bond donors (Lipinski definition) is 1. The molecule has 3 heteroatoms. The Morgan fingerprint density at radius 1 is 1.16 bits per heavy atom. The van der Waals surface area contributed by atoms with E-state index in [1.807, 2.05) is 31.2 Å². The minimum Gasteiger partial charge on any atom is -0.383 e. The molecule has 102 valence electrons. The molecule has 0 saturated carbocycles. The van der Waals surface area contributed by atoms with Crippen molar-refractivity contribution in [1.29, 1.82) is 0 Å². The zero-order valence-electron chi connectivity index (χ0n) is 11.7. The van der Waals surface area contributed by atoms with E-state index in [1.165, 1.54) is 4.88 Å². The molecule has 1 unspecified atom stereocenters. The van der Waals surface area contributed by atoms with E-state index in [2.05, 4.69) is 26.8 Å². The van der Waals surface area contributed by atoms with Crippen LogP contribution >= 0.6 is 22.9 Å². The van der Waals surface area contributed by atoms with Gasteiger partial charge in [0.1, 0.15) is 6.10 Å². The molecule has 1 aromatic heterocycles. The van der Waals surface area contributed by atoms with Gasteiger partial charge in [0.2, 0.25) is 0 Å². The van der Waals surface area contributed by atoms with Crippen molar-refractivity contribution in [3.8, 4) is 0 Å². The summed E-state index contributed by atoms with van der Waals surface area (Å²) in [6.45, 7) is 8.52. The second-order valence-electron chi connectivity index (χ2n) is 5.86. The van der Waals surface area contributed by atoms with Crippen molar-refractivity contribution in [2.45, 2.75) is 39.2 Å². The number of aliphatic hydroxyl groups is 1. The SMILES string of the molecule is Cc1cc(Cl)ccc1C(O)c1ccc(C(C)(C)C)s1. The van der Waals surface area contributed by atoms with Gasteiger partial charge in [0.05, 0.1) is 0 Å². The molecule has 0 spiro atoms. The fourth-order valence-corrected chi connectivity index (χ4v) is 3.30. The molecule has 0 aliphatic rings. The van der Waals surface area contributed by atoms with Gasteiger partial charge in [-0.15, -0.1) is 11.3 Å². The van der Waals surface area contributed by atoms with Crippen LogP contribution in [0.15, 0.2) is 30.3 Å². The maximum Gasteiger partial charge on any atom is 0.113 e. The Morgan fingerprint density at radius 2 is 1.84 bits per heavy atom. The first kappa shape index (κ1) is 14.6. The Bertz CT molecular complexity index is 581. The zero-order chi connectivity index (χ0) is 14.2. The lowest BCUT2D eigenvalue weighted by Gasteiger charge is -2.16. The van der Waals surface area contributed by atoms with Crippen molar-refractivity contribution >= 4 is 22.9 Å². The average Bonchev–Trinajstić information content (AvgIpc) is 2.76. The van der Waals surface area contributed by atoms with Gasteiger partial charge in [0.25, 0.3) is 0 Å². The van der Waals surface area contributed by atoms with Crippen LogP contribution in [-0.2, 0) is 5.41 Å². The first-order valence-corrected chi connectivity index (χ1v) is 7.53. The first-order valence-electron chi connectivity index (χ1n) is 6.33. The third-order valence-corrected chi connectivity index (χ3v) is 4.96. The predicted molar refractivity (Wildman–Crippen MR) is 83.3 cm³/mol. The van der Waals surface area contributed by atoms with Crippen LogP contribution in [0.1, 0.15) is 47.8 Å². The molecule has 1 aromatic carbocycles. The van der Waals surface area contributed by atoms with Gasteiger partial charge in [-0.3, -0.25) is 0 Å². The fraction of sp³-hybridized carbons (Fsp3) is 0.375. The highest BCUT2D eigenvalue weighted by Gasteiger charge is 2.20. The van der Waals surface area contributed by atoms with Gasteiger partial charge in [-0.25, -0.2) is 0 Å². The summed E-state index contributed by atoms with van der Waals surface area (Å²) in [6, 6.07) is 9.74. The molecule has 0 fully saturated rings. The highest BCUT2D eigenvalue weighted by Crippen LogP contribution is 2.35. The summed E-state index contributed by atoms with van der Waals surface area (Å²) in [7, 11) is 0. The topological polar surface area (TPSA) is 20.2 Å². The predicted octanol–water partition coefficient (Wildman–Crippen LogP) is 5.09. The molecule has 1 nitrogen and oxygen atoms in total. The molecule has 0 radical (unpaired) electrons. The second kappa shape index (κ2) is 5.28. The summed E-state index contributed by atoms with van der Waals surface area (Å²) in [5, 5.41) is 11.2. The molecule has 0 saturated heterocycles. The van der Waals surface area contributed by atoms with Gasteiger partial charge in [-0.1, -0.05) is 38.4 Å². The van der Waals surface area contributed by atoms with E-state index in [-0.39, 0.29) is 5.41 Å². The molecule has 0 amide bonds. The molecule has 2 aromatic rings. The lowest BCUT2D eigenvalue weighted by Crippen LogP contribution is -2.07. The van der Waals surface area contributed by atoms with Crippen LogP contribution in [0.5, 0.6) is 0 Å². The lowest BCUT2D eigenvalue weighted by atomic mass is 9.95. The number of benzene rings is 1. The van der Waals surface area contributed by atoms with E-state index in [9.17, 15) is 5.11 Å².